The van der Waals surface area contributed by atoms with Gasteiger partial charge in [-0.3, -0.25) is 9.59 Å². The van der Waals surface area contributed by atoms with Gasteiger partial charge in [-0.2, -0.15) is 0 Å². The van der Waals surface area contributed by atoms with E-state index in [4.69, 9.17) is 0 Å². The first-order valence-corrected chi connectivity index (χ1v) is 9.13. The van der Waals surface area contributed by atoms with E-state index in [1.165, 1.54) is 0 Å². The van der Waals surface area contributed by atoms with Crippen molar-refractivity contribution in [3.05, 3.63) is 0 Å². The van der Waals surface area contributed by atoms with Gasteiger partial charge in [-0.25, -0.2) is 0 Å². The molecule has 2 unspecified atom stereocenters. The number of hydrogen-bond acceptors (Lipinski definition) is 2. The Bertz CT molecular complexity index is 483. The van der Waals surface area contributed by atoms with Gasteiger partial charge in [-0.1, -0.05) is 62.3 Å². The summed E-state index contributed by atoms with van der Waals surface area (Å²) >= 11 is 0. The molecule has 2 N–H and O–H groups in total. The van der Waals surface area contributed by atoms with Crippen molar-refractivity contribution < 1.29 is 9.59 Å². The van der Waals surface area contributed by atoms with E-state index in [2.05, 4.69) is 31.4 Å². The van der Waals surface area contributed by atoms with Gasteiger partial charge in [0.05, 0.1) is 0 Å². The van der Waals surface area contributed by atoms with Gasteiger partial charge in [0.2, 0.25) is 11.8 Å². The zero-order valence-electron chi connectivity index (χ0n) is 17.2. The molecule has 0 aromatic heterocycles. The third-order valence-corrected chi connectivity index (χ3v) is 4.82. The minimum Gasteiger partial charge on any atom is -0.355 e. The molecule has 2 atom stereocenters. The molecule has 1 fully saturated rings. The molecule has 0 bridgehead atoms. The molecule has 0 radical (unpaired) electrons. The van der Waals surface area contributed by atoms with Crippen molar-refractivity contribution >= 4 is 11.8 Å². The molecule has 0 aromatic carbocycles. The van der Waals surface area contributed by atoms with E-state index in [1.807, 2.05) is 41.5 Å². The number of carbonyl (C=O) groups is 2. The summed E-state index contributed by atoms with van der Waals surface area (Å²) < 4.78 is 0. The highest BCUT2D eigenvalue weighted by molar-refractivity contribution is 5.82. The Morgan fingerprint density at radius 1 is 0.917 bits per heavy atom. The second-order valence-corrected chi connectivity index (χ2v) is 10.9. The van der Waals surface area contributed by atoms with E-state index in [9.17, 15) is 9.59 Å². The van der Waals surface area contributed by atoms with Gasteiger partial charge in [-0.15, -0.1) is 0 Å². The van der Waals surface area contributed by atoms with Gasteiger partial charge in [0.15, 0.2) is 0 Å². The van der Waals surface area contributed by atoms with E-state index in [-0.39, 0.29) is 39.5 Å². The number of nitrogens with one attached hydrogen (secondary N) is 2. The maximum atomic E-state index is 12.4. The standard InChI is InChI=1S/C20H38N2O2/c1-17(2,3)15(23)21-13-20(9)11-14(10-19(7,8)12-20)22-16(24)18(4,5)6/h14H,10-13H2,1-9H3,(H,21,23)(H,22,24). The van der Waals surface area contributed by atoms with Crippen molar-refractivity contribution in [2.75, 3.05) is 6.54 Å². The molecule has 0 aromatic rings. The van der Waals surface area contributed by atoms with E-state index in [0.29, 0.717) is 6.54 Å². The maximum absolute atomic E-state index is 12.4. The van der Waals surface area contributed by atoms with Gasteiger partial charge in [0.25, 0.3) is 0 Å². The lowest BCUT2D eigenvalue weighted by atomic mass is 9.62. The Morgan fingerprint density at radius 2 is 1.42 bits per heavy atom. The molecule has 2 amide bonds. The molecule has 4 heteroatoms. The molecule has 24 heavy (non-hydrogen) atoms. The lowest BCUT2D eigenvalue weighted by Crippen LogP contribution is -2.52. The summed E-state index contributed by atoms with van der Waals surface area (Å²) in [4.78, 5) is 24.6. The molecule has 4 nitrogen and oxygen atoms in total. The van der Waals surface area contributed by atoms with E-state index >= 15 is 0 Å². The molecule has 0 saturated heterocycles. The quantitative estimate of drug-likeness (QED) is 0.820. The lowest BCUT2D eigenvalue weighted by molar-refractivity contribution is -0.131. The molecule has 0 spiro atoms. The van der Waals surface area contributed by atoms with Crippen molar-refractivity contribution in [3.8, 4) is 0 Å². The smallest absolute Gasteiger partial charge is 0.225 e. The molecule has 140 valence electrons. The first kappa shape index (κ1) is 21.0. The van der Waals surface area contributed by atoms with Crippen LogP contribution >= 0.6 is 0 Å². The number of carbonyl (C=O) groups excluding carboxylic acids is 2. The fourth-order valence-corrected chi connectivity index (χ4v) is 3.83. The van der Waals surface area contributed by atoms with Crippen LogP contribution in [-0.4, -0.2) is 24.4 Å². The number of rotatable bonds is 3. The zero-order valence-corrected chi connectivity index (χ0v) is 17.2. The second kappa shape index (κ2) is 6.68. The summed E-state index contributed by atoms with van der Waals surface area (Å²) in [5, 5.41) is 6.36. The van der Waals surface area contributed by atoms with Crippen molar-refractivity contribution in [1.82, 2.24) is 10.6 Å². The summed E-state index contributed by atoms with van der Waals surface area (Å²) in [6.07, 6.45) is 2.94. The highest BCUT2D eigenvalue weighted by atomic mass is 16.2. The maximum Gasteiger partial charge on any atom is 0.225 e. The molecule has 0 aliphatic heterocycles. The minimum absolute atomic E-state index is 0.00150. The summed E-state index contributed by atoms with van der Waals surface area (Å²) in [5.41, 5.74) is -0.605. The molecular weight excluding hydrogens is 300 g/mol. The highest BCUT2D eigenvalue weighted by Crippen LogP contribution is 2.46. The van der Waals surface area contributed by atoms with Crippen LogP contribution in [0.25, 0.3) is 0 Å². The minimum atomic E-state index is -0.377. The van der Waals surface area contributed by atoms with Gasteiger partial charge in [0, 0.05) is 23.4 Å². The van der Waals surface area contributed by atoms with Crippen LogP contribution < -0.4 is 10.6 Å². The Kier molecular flexibility index (Phi) is 5.84. The van der Waals surface area contributed by atoms with Crippen LogP contribution in [0, 0.1) is 21.7 Å². The third kappa shape index (κ3) is 6.10. The van der Waals surface area contributed by atoms with Crippen molar-refractivity contribution in [2.45, 2.75) is 87.6 Å². The van der Waals surface area contributed by atoms with Crippen molar-refractivity contribution in [2.24, 2.45) is 21.7 Å². The Labute approximate surface area is 148 Å². The average molecular weight is 339 g/mol. The third-order valence-electron chi connectivity index (χ3n) is 4.82. The second-order valence-electron chi connectivity index (χ2n) is 10.9. The Balaban J connectivity index is 2.80. The Hall–Kier alpha value is -1.06. The van der Waals surface area contributed by atoms with E-state index in [1.54, 1.807) is 0 Å². The molecule has 0 heterocycles. The molecule has 1 aliphatic carbocycles. The largest absolute Gasteiger partial charge is 0.355 e. The first-order valence-electron chi connectivity index (χ1n) is 9.13. The summed E-state index contributed by atoms with van der Waals surface area (Å²) in [6.45, 7) is 19.0. The summed E-state index contributed by atoms with van der Waals surface area (Å²) in [6, 6.07) is 0.164. The van der Waals surface area contributed by atoms with Crippen LogP contribution in [0.5, 0.6) is 0 Å². The van der Waals surface area contributed by atoms with E-state index < -0.39 is 0 Å². The molecule has 1 saturated carbocycles. The van der Waals surface area contributed by atoms with Crippen LogP contribution in [0.15, 0.2) is 0 Å². The number of amides is 2. The lowest BCUT2D eigenvalue weighted by Gasteiger charge is -2.47. The normalized spacial score (nSPS) is 27.5. The predicted molar refractivity (Wildman–Crippen MR) is 99.6 cm³/mol. The molecule has 1 rings (SSSR count). The van der Waals surface area contributed by atoms with Gasteiger partial charge in [-0.05, 0) is 30.1 Å². The monoisotopic (exact) mass is 338 g/mol. The molecular formula is C20H38N2O2. The van der Waals surface area contributed by atoms with Crippen LogP contribution in [0.2, 0.25) is 0 Å². The highest BCUT2D eigenvalue weighted by Gasteiger charge is 2.42. The Morgan fingerprint density at radius 3 is 1.88 bits per heavy atom. The van der Waals surface area contributed by atoms with Gasteiger partial charge >= 0.3 is 0 Å². The van der Waals surface area contributed by atoms with Crippen LogP contribution in [-0.2, 0) is 9.59 Å². The van der Waals surface area contributed by atoms with Crippen LogP contribution in [0.3, 0.4) is 0 Å². The van der Waals surface area contributed by atoms with Gasteiger partial charge < -0.3 is 10.6 Å². The predicted octanol–water partition coefficient (Wildman–Crippen LogP) is 3.90. The first-order chi connectivity index (χ1) is 10.5. The summed E-state index contributed by atoms with van der Waals surface area (Å²) in [7, 11) is 0. The SMILES string of the molecule is CC1(C)CC(NC(=O)C(C)(C)C)CC(C)(CNC(=O)C(C)(C)C)C1. The fourth-order valence-electron chi connectivity index (χ4n) is 3.83. The molecule has 1 aliphatic rings. The zero-order chi connectivity index (χ0) is 19.0. The van der Waals surface area contributed by atoms with Crippen molar-refractivity contribution in [3.63, 3.8) is 0 Å². The van der Waals surface area contributed by atoms with E-state index in [0.717, 1.165) is 19.3 Å². The topological polar surface area (TPSA) is 58.2 Å². The van der Waals surface area contributed by atoms with Gasteiger partial charge in [0.1, 0.15) is 0 Å². The average Bonchev–Trinajstić information content (AvgIpc) is 2.31. The fraction of sp³-hybridized carbons (Fsp3) is 0.900. The van der Waals surface area contributed by atoms with Crippen LogP contribution in [0.4, 0.5) is 0 Å². The summed E-state index contributed by atoms with van der Waals surface area (Å²) in [5.74, 6) is 0.189. The number of hydrogen-bond donors (Lipinski definition) is 2. The van der Waals surface area contributed by atoms with Crippen LogP contribution in [0.1, 0.15) is 81.6 Å². The van der Waals surface area contributed by atoms with Crippen molar-refractivity contribution in [1.29, 1.82) is 0 Å².